The molecule has 7 heteroatoms. The van der Waals surface area contributed by atoms with E-state index in [-0.39, 0.29) is 22.7 Å². The lowest BCUT2D eigenvalue weighted by atomic mass is 10.2. The maximum Gasteiger partial charge on any atom is 0.337 e. The molecule has 6 nitrogen and oxygen atoms in total. The fourth-order valence-corrected chi connectivity index (χ4v) is 3.28. The van der Waals surface area contributed by atoms with Gasteiger partial charge in [-0.25, -0.2) is 17.2 Å². The Hall–Kier alpha value is -2.12. The molecule has 0 unspecified atom stereocenters. The fourth-order valence-electron chi connectivity index (χ4n) is 1.89. The minimum Gasteiger partial charge on any atom is -0.478 e. The summed E-state index contributed by atoms with van der Waals surface area (Å²) in [5, 5.41) is 9.02. The molecule has 3 N–H and O–H groups in total. The lowest BCUT2D eigenvalue weighted by molar-refractivity contribution is 0.0696. The van der Waals surface area contributed by atoms with Crippen LogP contribution in [0.3, 0.4) is 0 Å². The van der Waals surface area contributed by atoms with Crippen LogP contribution < -0.4 is 5.73 Å². The van der Waals surface area contributed by atoms with Crippen molar-refractivity contribution in [1.82, 2.24) is 3.97 Å². The van der Waals surface area contributed by atoms with Gasteiger partial charge in [0, 0.05) is 12.7 Å². The summed E-state index contributed by atoms with van der Waals surface area (Å²) in [5.41, 5.74) is 6.36. The van der Waals surface area contributed by atoms with Crippen molar-refractivity contribution < 1.29 is 18.3 Å². The first-order chi connectivity index (χ1) is 9.37. The summed E-state index contributed by atoms with van der Waals surface area (Å²) in [6, 6.07) is 7.54. The molecule has 1 aromatic heterocycles. The highest BCUT2D eigenvalue weighted by Crippen LogP contribution is 2.20. The van der Waals surface area contributed by atoms with Gasteiger partial charge in [0.25, 0.3) is 10.0 Å². The Labute approximate surface area is 116 Å². The lowest BCUT2D eigenvalue weighted by Gasteiger charge is -2.10. The van der Waals surface area contributed by atoms with E-state index in [0.29, 0.717) is 0 Å². The molecule has 0 spiro atoms. The van der Waals surface area contributed by atoms with Crippen LogP contribution in [0.5, 0.6) is 0 Å². The number of aromatic nitrogens is 1. The number of hydrogen-bond acceptors (Lipinski definition) is 4. The van der Waals surface area contributed by atoms with Crippen LogP contribution in [0.25, 0.3) is 0 Å². The molecule has 1 aromatic carbocycles. The number of nitrogens with two attached hydrogens (primary N) is 1. The smallest absolute Gasteiger partial charge is 0.337 e. The summed E-state index contributed by atoms with van der Waals surface area (Å²) in [4.78, 5) is 11.1. The van der Waals surface area contributed by atoms with Gasteiger partial charge in [-0.2, -0.15) is 0 Å². The molecule has 0 radical (unpaired) electrons. The van der Waals surface area contributed by atoms with E-state index in [1.807, 2.05) is 6.92 Å². The normalized spacial score (nSPS) is 11.5. The van der Waals surface area contributed by atoms with Crippen molar-refractivity contribution in [3.63, 3.8) is 0 Å². The van der Waals surface area contributed by atoms with Gasteiger partial charge in [-0.1, -0.05) is 17.7 Å². The Morgan fingerprint density at radius 2 is 1.85 bits per heavy atom. The van der Waals surface area contributed by atoms with Gasteiger partial charge in [-0.05, 0) is 25.1 Å². The van der Waals surface area contributed by atoms with E-state index in [1.165, 1.54) is 24.4 Å². The zero-order valence-electron chi connectivity index (χ0n) is 10.8. The van der Waals surface area contributed by atoms with E-state index in [0.717, 1.165) is 9.54 Å². The molecule has 0 aliphatic carbocycles. The van der Waals surface area contributed by atoms with Crippen LogP contribution in [0.1, 0.15) is 21.6 Å². The quantitative estimate of drug-likeness (QED) is 0.881. The van der Waals surface area contributed by atoms with Gasteiger partial charge in [-0.3, -0.25) is 0 Å². The molecular formula is C13H14N2O4S. The molecule has 0 saturated carbocycles. The molecule has 20 heavy (non-hydrogen) atoms. The van der Waals surface area contributed by atoms with Gasteiger partial charge in [0.2, 0.25) is 0 Å². The second kappa shape index (κ2) is 5.10. The van der Waals surface area contributed by atoms with Crippen LogP contribution in [0.4, 0.5) is 0 Å². The number of benzene rings is 1. The Bertz CT molecular complexity index is 745. The average molecular weight is 294 g/mol. The van der Waals surface area contributed by atoms with Crippen LogP contribution in [0, 0.1) is 6.92 Å². The largest absolute Gasteiger partial charge is 0.478 e. The molecule has 0 amide bonds. The topological polar surface area (TPSA) is 102 Å². The van der Waals surface area contributed by atoms with Crippen molar-refractivity contribution in [2.45, 2.75) is 18.4 Å². The molecule has 0 fully saturated rings. The SMILES string of the molecule is Cc1ccc(S(=O)(=O)n2ccc(C(=O)O)c2CN)cc1. The Kier molecular flexibility index (Phi) is 3.65. The standard InChI is InChI=1S/C13H14N2O4S/c1-9-2-4-10(5-3-9)20(18,19)15-7-6-11(13(16)17)12(15)8-14/h2-7H,8,14H2,1H3,(H,16,17). The van der Waals surface area contributed by atoms with Crippen LogP contribution in [0.2, 0.25) is 0 Å². The summed E-state index contributed by atoms with van der Waals surface area (Å²) in [7, 11) is -3.84. The summed E-state index contributed by atoms with van der Waals surface area (Å²) in [6.45, 7) is 1.67. The molecule has 0 aliphatic heterocycles. The van der Waals surface area contributed by atoms with Crippen molar-refractivity contribution in [2.24, 2.45) is 5.73 Å². The van der Waals surface area contributed by atoms with Crippen LogP contribution in [0.15, 0.2) is 41.4 Å². The summed E-state index contributed by atoms with van der Waals surface area (Å²) in [5.74, 6) is -1.21. The number of aromatic carboxylic acids is 1. The first-order valence-corrected chi connectivity index (χ1v) is 7.27. The second-order valence-corrected chi connectivity index (χ2v) is 6.11. The number of carboxylic acids is 1. The van der Waals surface area contributed by atoms with E-state index < -0.39 is 16.0 Å². The second-order valence-electron chi connectivity index (χ2n) is 4.30. The first kappa shape index (κ1) is 14.3. The van der Waals surface area contributed by atoms with Gasteiger partial charge in [0.1, 0.15) is 0 Å². The van der Waals surface area contributed by atoms with Crippen molar-refractivity contribution in [3.8, 4) is 0 Å². The third-order valence-electron chi connectivity index (χ3n) is 2.96. The predicted octanol–water partition coefficient (Wildman–Crippen LogP) is 1.19. The maximum absolute atomic E-state index is 12.5. The van der Waals surface area contributed by atoms with E-state index in [1.54, 1.807) is 12.1 Å². The number of nitrogens with zero attached hydrogens (tertiary/aromatic N) is 1. The maximum atomic E-state index is 12.5. The monoisotopic (exact) mass is 294 g/mol. The van der Waals surface area contributed by atoms with Crippen molar-refractivity contribution in [3.05, 3.63) is 53.3 Å². The van der Waals surface area contributed by atoms with Crippen LogP contribution >= 0.6 is 0 Å². The van der Waals surface area contributed by atoms with Crippen LogP contribution in [-0.2, 0) is 16.6 Å². The number of rotatable bonds is 4. The molecule has 106 valence electrons. The minimum atomic E-state index is -3.84. The highest BCUT2D eigenvalue weighted by atomic mass is 32.2. The summed E-state index contributed by atoms with van der Waals surface area (Å²) >= 11 is 0. The molecule has 2 rings (SSSR count). The summed E-state index contributed by atoms with van der Waals surface area (Å²) in [6.07, 6.45) is 1.21. The van der Waals surface area contributed by atoms with Gasteiger partial charge in [0.05, 0.1) is 16.2 Å². The number of aryl methyl sites for hydroxylation is 1. The van der Waals surface area contributed by atoms with Gasteiger partial charge in [0.15, 0.2) is 0 Å². The lowest BCUT2D eigenvalue weighted by Crippen LogP contribution is -2.18. The Morgan fingerprint density at radius 3 is 2.35 bits per heavy atom. The summed E-state index contributed by atoms with van der Waals surface area (Å²) < 4.78 is 25.9. The van der Waals surface area contributed by atoms with E-state index in [9.17, 15) is 13.2 Å². The molecule has 0 aliphatic rings. The molecule has 0 bridgehead atoms. The molecule has 2 aromatic rings. The zero-order valence-corrected chi connectivity index (χ0v) is 11.6. The average Bonchev–Trinajstić information content (AvgIpc) is 2.83. The van der Waals surface area contributed by atoms with E-state index >= 15 is 0 Å². The van der Waals surface area contributed by atoms with Crippen molar-refractivity contribution in [1.29, 1.82) is 0 Å². The van der Waals surface area contributed by atoms with Gasteiger partial charge < -0.3 is 10.8 Å². The van der Waals surface area contributed by atoms with Crippen molar-refractivity contribution in [2.75, 3.05) is 0 Å². The third-order valence-corrected chi connectivity index (χ3v) is 4.68. The fraction of sp³-hybridized carbons (Fsp3) is 0.154. The van der Waals surface area contributed by atoms with Gasteiger partial charge >= 0.3 is 5.97 Å². The van der Waals surface area contributed by atoms with Gasteiger partial charge in [-0.15, -0.1) is 0 Å². The first-order valence-electron chi connectivity index (χ1n) is 5.83. The molecular weight excluding hydrogens is 280 g/mol. The minimum absolute atomic E-state index is 0.0538. The number of hydrogen-bond donors (Lipinski definition) is 2. The molecule has 0 atom stereocenters. The molecule has 0 saturated heterocycles. The van der Waals surface area contributed by atoms with E-state index in [2.05, 4.69) is 0 Å². The van der Waals surface area contributed by atoms with Crippen LogP contribution in [-0.4, -0.2) is 23.5 Å². The predicted molar refractivity (Wildman–Crippen MR) is 73.0 cm³/mol. The number of carbonyl (C=O) groups is 1. The highest BCUT2D eigenvalue weighted by molar-refractivity contribution is 7.90. The number of carboxylic acid groups (broad SMARTS) is 1. The third kappa shape index (κ3) is 2.33. The van der Waals surface area contributed by atoms with E-state index in [4.69, 9.17) is 10.8 Å². The molecule has 1 heterocycles. The zero-order chi connectivity index (χ0) is 14.9. The van der Waals surface area contributed by atoms with Crippen molar-refractivity contribution >= 4 is 16.0 Å². The Balaban J connectivity index is 2.61. The Morgan fingerprint density at radius 1 is 1.25 bits per heavy atom. The highest BCUT2D eigenvalue weighted by Gasteiger charge is 2.23.